The summed E-state index contributed by atoms with van der Waals surface area (Å²) in [5, 5.41) is 0. The van der Waals surface area contributed by atoms with Crippen LogP contribution in [0.5, 0.6) is 0 Å². The average Bonchev–Trinajstić information content (AvgIpc) is 2.27. The minimum absolute atomic E-state index is 0.186. The smallest absolute Gasteiger partial charge is 0.136 e. The number of carbonyl (C=O) groups excluding carboxylic acids is 1. The first kappa shape index (κ1) is 13.7. The van der Waals surface area contributed by atoms with Gasteiger partial charge in [0.2, 0.25) is 0 Å². The van der Waals surface area contributed by atoms with Gasteiger partial charge in [0.1, 0.15) is 5.78 Å². The molecule has 1 aliphatic heterocycles. The minimum Gasteiger partial charge on any atom is -0.302 e. The third kappa shape index (κ3) is 3.89. The second-order valence-electron chi connectivity index (χ2n) is 6.73. The second-order valence-corrected chi connectivity index (χ2v) is 6.73. The highest BCUT2D eigenvalue weighted by molar-refractivity contribution is 5.81. The van der Waals surface area contributed by atoms with Crippen LogP contribution >= 0.6 is 0 Å². The number of hydrogen-bond acceptors (Lipinski definition) is 2. The Kier molecular flexibility index (Phi) is 4.17. The van der Waals surface area contributed by atoms with E-state index in [-0.39, 0.29) is 5.41 Å². The van der Waals surface area contributed by atoms with Crippen LogP contribution < -0.4 is 0 Å². The van der Waals surface area contributed by atoms with Gasteiger partial charge in [-0.1, -0.05) is 27.7 Å². The van der Waals surface area contributed by atoms with Crippen molar-refractivity contribution in [2.24, 2.45) is 10.8 Å². The summed E-state index contributed by atoms with van der Waals surface area (Å²) in [4.78, 5) is 14.0. The Bertz CT molecular complexity index is 255. The molecule has 94 valence electrons. The first-order valence-electron chi connectivity index (χ1n) is 6.46. The molecule has 0 atom stereocenters. The van der Waals surface area contributed by atoms with Crippen LogP contribution in [-0.4, -0.2) is 30.3 Å². The van der Waals surface area contributed by atoms with Gasteiger partial charge in [-0.3, -0.25) is 4.79 Å². The molecule has 0 unspecified atom stereocenters. The van der Waals surface area contributed by atoms with Crippen molar-refractivity contribution in [3.63, 3.8) is 0 Å². The molecule has 2 nitrogen and oxygen atoms in total. The fraction of sp³-hybridized carbons (Fsp3) is 0.929. The Balaban J connectivity index is 2.53. The number of likely N-dealkylation sites (tertiary alicyclic amines) is 1. The summed E-state index contributed by atoms with van der Waals surface area (Å²) in [7, 11) is 0. The normalized spacial score (nSPS) is 22.8. The number of hydrogen-bond donors (Lipinski definition) is 0. The van der Waals surface area contributed by atoms with Gasteiger partial charge in [0, 0.05) is 12.0 Å². The highest BCUT2D eigenvalue weighted by Crippen LogP contribution is 2.31. The maximum atomic E-state index is 11.5. The fourth-order valence-corrected chi connectivity index (χ4v) is 2.31. The summed E-state index contributed by atoms with van der Waals surface area (Å²) in [6.45, 7) is 13.7. The van der Waals surface area contributed by atoms with Crippen molar-refractivity contribution in [3.05, 3.63) is 0 Å². The van der Waals surface area contributed by atoms with Crippen LogP contribution in [0.2, 0.25) is 0 Å². The van der Waals surface area contributed by atoms with Crippen molar-refractivity contribution < 1.29 is 4.79 Å². The van der Waals surface area contributed by atoms with Crippen molar-refractivity contribution in [3.8, 4) is 0 Å². The van der Waals surface area contributed by atoms with Crippen molar-refractivity contribution in [2.45, 2.75) is 53.9 Å². The topological polar surface area (TPSA) is 20.3 Å². The Morgan fingerprint density at radius 2 is 1.88 bits per heavy atom. The minimum atomic E-state index is -0.186. The van der Waals surface area contributed by atoms with Gasteiger partial charge in [-0.05, 0) is 44.7 Å². The highest BCUT2D eigenvalue weighted by Gasteiger charge is 2.29. The highest BCUT2D eigenvalue weighted by atomic mass is 16.1. The van der Waals surface area contributed by atoms with E-state index >= 15 is 0 Å². The second kappa shape index (κ2) is 4.87. The lowest BCUT2D eigenvalue weighted by molar-refractivity contribution is -0.125. The summed E-state index contributed by atoms with van der Waals surface area (Å²) in [5.41, 5.74) is 0.295. The third-order valence-electron chi connectivity index (χ3n) is 4.00. The number of nitrogens with zero attached hydrogens (tertiary/aromatic N) is 1. The van der Waals surface area contributed by atoms with E-state index in [2.05, 4.69) is 32.6 Å². The Hall–Kier alpha value is -0.370. The quantitative estimate of drug-likeness (QED) is 0.735. The lowest BCUT2D eigenvalue weighted by atomic mass is 9.85. The van der Waals surface area contributed by atoms with E-state index in [1.165, 1.54) is 19.3 Å². The zero-order valence-corrected chi connectivity index (χ0v) is 11.6. The summed E-state index contributed by atoms with van der Waals surface area (Å²) in [6.07, 6.45) is 3.83. The van der Waals surface area contributed by atoms with Gasteiger partial charge in [0.25, 0.3) is 0 Å². The molecule has 16 heavy (non-hydrogen) atoms. The van der Waals surface area contributed by atoms with E-state index < -0.39 is 0 Å². The summed E-state index contributed by atoms with van der Waals surface area (Å²) in [6, 6.07) is 0. The standard InChI is InChI=1S/C14H27NO/c1-12(16)14(4,5)11-15-9-6-7-13(2,3)8-10-15/h6-11H2,1-5H3. The van der Waals surface area contributed by atoms with Crippen LogP contribution in [0.1, 0.15) is 53.9 Å². The predicted octanol–water partition coefficient (Wildman–Crippen LogP) is 3.11. The first-order valence-corrected chi connectivity index (χ1v) is 6.46. The molecule has 0 amide bonds. The van der Waals surface area contributed by atoms with Gasteiger partial charge < -0.3 is 4.90 Å². The molecule has 0 spiro atoms. The molecule has 0 aliphatic carbocycles. The lowest BCUT2D eigenvalue weighted by Gasteiger charge is -2.30. The van der Waals surface area contributed by atoms with Crippen molar-refractivity contribution in [2.75, 3.05) is 19.6 Å². The number of Topliss-reactive ketones (excluding diaryl/α,β-unsaturated/α-hetero) is 1. The van der Waals surface area contributed by atoms with Crippen LogP contribution in [-0.2, 0) is 4.79 Å². The molecule has 0 bridgehead atoms. The van der Waals surface area contributed by atoms with Gasteiger partial charge in [-0.15, -0.1) is 0 Å². The lowest BCUT2D eigenvalue weighted by Crippen LogP contribution is -2.39. The van der Waals surface area contributed by atoms with E-state index in [0.29, 0.717) is 11.2 Å². The monoisotopic (exact) mass is 225 g/mol. The molecular weight excluding hydrogens is 198 g/mol. The van der Waals surface area contributed by atoms with Crippen molar-refractivity contribution in [1.29, 1.82) is 0 Å². The van der Waals surface area contributed by atoms with Gasteiger partial charge in [-0.2, -0.15) is 0 Å². The number of rotatable bonds is 3. The molecule has 2 heteroatoms. The zero-order chi connectivity index (χ0) is 12.4. The van der Waals surface area contributed by atoms with Gasteiger partial charge in [0.15, 0.2) is 0 Å². The SMILES string of the molecule is CC(=O)C(C)(C)CN1CCCC(C)(C)CC1. The van der Waals surface area contributed by atoms with Crippen molar-refractivity contribution >= 4 is 5.78 Å². The maximum absolute atomic E-state index is 11.5. The molecule has 0 saturated carbocycles. The molecule has 0 aromatic carbocycles. The largest absolute Gasteiger partial charge is 0.302 e. The Morgan fingerprint density at radius 3 is 2.44 bits per heavy atom. The predicted molar refractivity (Wildman–Crippen MR) is 68.5 cm³/mol. The van der Waals surface area contributed by atoms with Crippen LogP contribution in [0.4, 0.5) is 0 Å². The Morgan fingerprint density at radius 1 is 1.25 bits per heavy atom. The summed E-state index contributed by atoms with van der Waals surface area (Å²) >= 11 is 0. The average molecular weight is 225 g/mol. The molecular formula is C14H27NO. The van der Waals surface area contributed by atoms with Crippen LogP contribution in [0, 0.1) is 10.8 Å². The summed E-state index contributed by atoms with van der Waals surface area (Å²) in [5.74, 6) is 0.302. The van der Waals surface area contributed by atoms with Gasteiger partial charge >= 0.3 is 0 Å². The first-order chi connectivity index (χ1) is 7.23. The number of carbonyl (C=O) groups is 1. The van der Waals surface area contributed by atoms with Crippen LogP contribution in [0.3, 0.4) is 0 Å². The molecule has 1 rings (SSSR count). The fourth-order valence-electron chi connectivity index (χ4n) is 2.31. The summed E-state index contributed by atoms with van der Waals surface area (Å²) < 4.78 is 0. The molecule has 0 aromatic rings. The molecule has 1 heterocycles. The molecule has 0 radical (unpaired) electrons. The molecule has 1 saturated heterocycles. The third-order valence-corrected chi connectivity index (χ3v) is 4.00. The van der Waals surface area contributed by atoms with E-state index in [0.717, 1.165) is 19.6 Å². The van der Waals surface area contributed by atoms with Gasteiger partial charge in [-0.25, -0.2) is 0 Å². The zero-order valence-electron chi connectivity index (χ0n) is 11.6. The molecule has 1 aliphatic rings. The van der Waals surface area contributed by atoms with E-state index in [1.54, 1.807) is 6.92 Å². The molecule has 0 N–H and O–H groups in total. The van der Waals surface area contributed by atoms with Crippen LogP contribution in [0.25, 0.3) is 0 Å². The van der Waals surface area contributed by atoms with E-state index in [4.69, 9.17) is 0 Å². The molecule has 0 aromatic heterocycles. The number of ketones is 1. The maximum Gasteiger partial charge on any atom is 0.136 e. The Labute approximate surface area is 100 Å². The van der Waals surface area contributed by atoms with E-state index in [1.807, 2.05) is 0 Å². The van der Waals surface area contributed by atoms with Crippen molar-refractivity contribution in [1.82, 2.24) is 4.90 Å². The molecule has 1 fully saturated rings. The van der Waals surface area contributed by atoms with Gasteiger partial charge in [0.05, 0.1) is 0 Å². The van der Waals surface area contributed by atoms with Crippen LogP contribution in [0.15, 0.2) is 0 Å². The van der Waals surface area contributed by atoms with E-state index in [9.17, 15) is 4.79 Å².